The zero-order valence-electron chi connectivity index (χ0n) is 8.77. The standard InChI is InChI=1S/C11H12N2O2S/c14-7-3-4-9-8-12-11(16-9)13-6-2-1-5-10(13)15/h8,14H,1-2,5-7H2. The molecule has 0 aliphatic carbocycles. The molecule has 4 nitrogen and oxygen atoms in total. The van der Waals surface area contributed by atoms with Crippen molar-refractivity contribution in [3.8, 4) is 11.8 Å². The highest BCUT2D eigenvalue weighted by Gasteiger charge is 2.21. The number of carbonyl (C=O) groups is 1. The van der Waals surface area contributed by atoms with Crippen LogP contribution in [0, 0.1) is 11.8 Å². The van der Waals surface area contributed by atoms with Gasteiger partial charge in [-0.1, -0.05) is 23.2 Å². The molecule has 0 saturated carbocycles. The van der Waals surface area contributed by atoms with E-state index in [1.807, 2.05) is 0 Å². The van der Waals surface area contributed by atoms with Gasteiger partial charge in [-0.2, -0.15) is 0 Å². The maximum atomic E-state index is 11.6. The van der Waals surface area contributed by atoms with E-state index in [2.05, 4.69) is 16.8 Å². The first-order valence-electron chi connectivity index (χ1n) is 5.17. The van der Waals surface area contributed by atoms with Gasteiger partial charge in [0, 0.05) is 13.0 Å². The molecule has 1 aliphatic heterocycles. The Labute approximate surface area is 97.9 Å². The van der Waals surface area contributed by atoms with Crippen molar-refractivity contribution in [2.75, 3.05) is 18.1 Å². The molecule has 1 N–H and O–H groups in total. The van der Waals surface area contributed by atoms with Crippen molar-refractivity contribution in [1.29, 1.82) is 0 Å². The summed E-state index contributed by atoms with van der Waals surface area (Å²) >= 11 is 1.39. The minimum absolute atomic E-state index is 0.141. The molecular weight excluding hydrogens is 224 g/mol. The molecule has 1 aromatic rings. The molecule has 0 unspecified atom stereocenters. The summed E-state index contributed by atoms with van der Waals surface area (Å²) in [5, 5.41) is 9.29. The van der Waals surface area contributed by atoms with Crippen molar-refractivity contribution in [3.63, 3.8) is 0 Å². The second-order valence-electron chi connectivity index (χ2n) is 3.47. The van der Waals surface area contributed by atoms with Crippen molar-refractivity contribution < 1.29 is 9.90 Å². The topological polar surface area (TPSA) is 53.4 Å². The number of aromatic nitrogens is 1. The number of aliphatic hydroxyl groups is 1. The van der Waals surface area contributed by atoms with Crippen molar-refractivity contribution in [1.82, 2.24) is 4.98 Å². The maximum Gasteiger partial charge on any atom is 0.228 e. The summed E-state index contributed by atoms with van der Waals surface area (Å²) in [4.78, 5) is 18.3. The Hall–Kier alpha value is -1.38. The fourth-order valence-electron chi connectivity index (χ4n) is 1.58. The third-order valence-electron chi connectivity index (χ3n) is 2.34. The van der Waals surface area contributed by atoms with Gasteiger partial charge in [0.05, 0.1) is 11.1 Å². The summed E-state index contributed by atoms with van der Waals surface area (Å²) in [6, 6.07) is 0. The molecule has 0 atom stereocenters. The van der Waals surface area contributed by atoms with Crippen LogP contribution in [0.5, 0.6) is 0 Å². The maximum absolute atomic E-state index is 11.6. The number of hydrogen-bond acceptors (Lipinski definition) is 4. The lowest BCUT2D eigenvalue weighted by molar-refractivity contribution is -0.119. The smallest absolute Gasteiger partial charge is 0.228 e. The van der Waals surface area contributed by atoms with Crippen LogP contribution in [0.1, 0.15) is 24.1 Å². The quantitative estimate of drug-likeness (QED) is 0.740. The van der Waals surface area contributed by atoms with Gasteiger partial charge in [0.25, 0.3) is 0 Å². The lowest BCUT2D eigenvalue weighted by Crippen LogP contribution is -2.34. The molecule has 1 aromatic heterocycles. The number of piperidine rings is 1. The van der Waals surface area contributed by atoms with Gasteiger partial charge in [0.2, 0.25) is 5.91 Å². The number of thiazole rings is 1. The van der Waals surface area contributed by atoms with Crippen molar-refractivity contribution >= 4 is 22.4 Å². The van der Waals surface area contributed by atoms with Crippen molar-refractivity contribution in [3.05, 3.63) is 11.1 Å². The second kappa shape index (κ2) is 5.10. The lowest BCUT2D eigenvalue weighted by atomic mass is 10.1. The van der Waals surface area contributed by atoms with E-state index in [-0.39, 0.29) is 12.5 Å². The van der Waals surface area contributed by atoms with Crippen LogP contribution >= 0.6 is 11.3 Å². The predicted molar refractivity (Wildman–Crippen MR) is 62.3 cm³/mol. The van der Waals surface area contributed by atoms with Gasteiger partial charge in [-0.15, -0.1) is 0 Å². The third kappa shape index (κ3) is 2.40. The van der Waals surface area contributed by atoms with Crippen LogP contribution in [-0.2, 0) is 4.79 Å². The van der Waals surface area contributed by atoms with Gasteiger partial charge in [-0.3, -0.25) is 9.69 Å². The van der Waals surface area contributed by atoms with Crippen LogP contribution in [0.2, 0.25) is 0 Å². The Bertz CT molecular complexity index is 444. The number of nitrogens with zero attached hydrogens (tertiary/aromatic N) is 2. The van der Waals surface area contributed by atoms with E-state index >= 15 is 0 Å². The van der Waals surface area contributed by atoms with Gasteiger partial charge in [-0.05, 0) is 12.8 Å². The van der Waals surface area contributed by atoms with Crippen molar-refractivity contribution in [2.24, 2.45) is 0 Å². The zero-order valence-corrected chi connectivity index (χ0v) is 9.59. The van der Waals surface area contributed by atoms with Crippen LogP contribution in [0.25, 0.3) is 0 Å². The number of amides is 1. The molecule has 0 bridgehead atoms. The molecule has 1 fully saturated rings. The fourth-order valence-corrected chi connectivity index (χ4v) is 2.42. The van der Waals surface area contributed by atoms with E-state index in [1.165, 1.54) is 11.3 Å². The Morgan fingerprint density at radius 1 is 1.56 bits per heavy atom. The minimum Gasteiger partial charge on any atom is -0.384 e. The summed E-state index contributed by atoms with van der Waals surface area (Å²) in [5.41, 5.74) is 0. The molecule has 5 heteroatoms. The molecule has 1 aliphatic rings. The highest BCUT2D eigenvalue weighted by atomic mass is 32.1. The fraction of sp³-hybridized carbons (Fsp3) is 0.455. The van der Waals surface area contributed by atoms with Crippen LogP contribution in [0.15, 0.2) is 6.20 Å². The van der Waals surface area contributed by atoms with Crippen LogP contribution in [0.4, 0.5) is 5.13 Å². The van der Waals surface area contributed by atoms with E-state index in [0.29, 0.717) is 11.6 Å². The Balaban J connectivity index is 2.14. The Kier molecular flexibility index (Phi) is 3.54. The molecule has 0 spiro atoms. The highest BCUT2D eigenvalue weighted by Crippen LogP contribution is 2.25. The molecule has 84 valence electrons. The predicted octanol–water partition coefficient (Wildman–Crippen LogP) is 1.00. The molecule has 0 aromatic carbocycles. The van der Waals surface area contributed by atoms with E-state index in [0.717, 1.165) is 24.3 Å². The Morgan fingerprint density at radius 3 is 3.19 bits per heavy atom. The third-order valence-corrected chi connectivity index (χ3v) is 3.27. The van der Waals surface area contributed by atoms with Crippen LogP contribution in [0.3, 0.4) is 0 Å². The normalized spacial score (nSPS) is 15.8. The van der Waals surface area contributed by atoms with Crippen molar-refractivity contribution in [2.45, 2.75) is 19.3 Å². The molecule has 2 rings (SSSR count). The van der Waals surface area contributed by atoms with Crippen LogP contribution < -0.4 is 4.90 Å². The van der Waals surface area contributed by atoms with E-state index < -0.39 is 0 Å². The average Bonchev–Trinajstić information content (AvgIpc) is 2.75. The van der Waals surface area contributed by atoms with E-state index in [4.69, 9.17) is 5.11 Å². The SMILES string of the molecule is O=C1CCCCN1c1ncc(C#CCO)s1. The number of hydrogen-bond donors (Lipinski definition) is 1. The summed E-state index contributed by atoms with van der Waals surface area (Å²) in [6.45, 7) is 0.592. The number of anilines is 1. The van der Waals surface area contributed by atoms with E-state index in [1.54, 1.807) is 11.1 Å². The summed E-state index contributed by atoms with van der Waals surface area (Å²) in [5.74, 6) is 5.49. The van der Waals surface area contributed by atoms with Crippen LogP contribution in [-0.4, -0.2) is 29.1 Å². The van der Waals surface area contributed by atoms with Gasteiger partial charge in [0.1, 0.15) is 6.61 Å². The summed E-state index contributed by atoms with van der Waals surface area (Å²) in [6.07, 6.45) is 4.25. The van der Waals surface area contributed by atoms with Gasteiger partial charge < -0.3 is 5.11 Å². The molecule has 16 heavy (non-hydrogen) atoms. The lowest BCUT2D eigenvalue weighted by Gasteiger charge is -2.23. The molecule has 1 amide bonds. The molecule has 2 heterocycles. The van der Waals surface area contributed by atoms with Gasteiger partial charge >= 0.3 is 0 Å². The molecule has 1 saturated heterocycles. The first-order valence-corrected chi connectivity index (χ1v) is 5.99. The minimum atomic E-state index is -0.157. The van der Waals surface area contributed by atoms with Gasteiger partial charge in [0.15, 0.2) is 5.13 Å². The highest BCUT2D eigenvalue weighted by molar-refractivity contribution is 7.16. The number of aliphatic hydroxyl groups excluding tert-OH is 1. The number of carbonyl (C=O) groups excluding carboxylic acids is 1. The average molecular weight is 236 g/mol. The van der Waals surface area contributed by atoms with E-state index in [9.17, 15) is 4.79 Å². The first-order chi connectivity index (χ1) is 7.81. The molecule has 0 radical (unpaired) electrons. The molecular formula is C11H12N2O2S. The number of rotatable bonds is 1. The summed E-state index contributed by atoms with van der Waals surface area (Å²) in [7, 11) is 0. The monoisotopic (exact) mass is 236 g/mol. The second-order valence-corrected chi connectivity index (χ2v) is 4.48. The van der Waals surface area contributed by atoms with Gasteiger partial charge in [-0.25, -0.2) is 4.98 Å². The Morgan fingerprint density at radius 2 is 2.44 bits per heavy atom. The first kappa shape index (κ1) is 11.1. The summed E-state index contributed by atoms with van der Waals surface area (Å²) < 4.78 is 0. The zero-order chi connectivity index (χ0) is 11.4. The largest absolute Gasteiger partial charge is 0.384 e.